The molecule has 5 aromatic carbocycles. The second-order valence-electron chi connectivity index (χ2n) is 7.37. The van der Waals surface area contributed by atoms with Gasteiger partial charge in [-0.25, -0.2) is 0 Å². The molecule has 136 valence electrons. The summed E-state index contributed by atoms with van der Waals surface area (Å²) in [4.78, 5) is 0. The van der Waals surface area contributed by atoms with Gasteiger partial charge in [0.05, 0.1) is 0 Å². The van der Waals surface area contributed by atoms with Crippen LogP contribution in [0.15, 0.2) is 60.7 Å². The summed E-state index contributed by atoms with van der Waals surface area (Å²) in [7, 11) is 0. The van der Waals surface area contributed by atoms with Gasteiger partial charge in [0, 0.05) is 0 Å². The van der Waals surface area contributed by atoms with Crippen LogP contribution >= 0.6 is 0 Å². The molecule has 0 radical (unpaired) electrons. The summed E-state index contributed by atoms with van der Waals surface area (Å²) >= 11 is 0. The maximum Gasteiger partial charge on any atom is -0.00260 e. The molecule has 0 aliphatic carbocycles. The van der Waals surface area contributed by atoms with Gasteiger partial charge in [-0.1, -0.05) is 87.9 Å². The second kappa shape index (κ2) is 7.19. The molecular formula is C27H28. The maximum atomic E-state index is 2.45. The maximum absolute atomic E-state index is 2.45. The summed E-state index contributed by atoms with van der Waals surface area (Å²) in [5.41, 5.74) is 2.81. The van der Waals surface area contributed by atoms with E-state index in [1.807, 2.05) is 13.8 Å². The lowest BCUT2D eigenvalue weighted by Crippen LogP contribution is -1.91. The van der Waals surface area contributed by atoms with Gasteiger partial charge in [-0.15, -0.1) is 0 Å². The number of hydrogen-bond donors (Lipinski definition) is 0. The van der Waals surface area contributed by atoms with Gasteiger partial charge in [-0.05, 0) is 74.0 Å². The topological polar surface area (TPSA) is 0 Å². The van der Waals surface area contributed by atoms with Crippen LogP contribution < -0.4 is 0 Å². The van der Waals surface area contributed by atoms with Crippen LogP contribution in [0, 0.1) is 6.92 Å². The zero-order valence-corrected chi connectivity index (χ0v) is 16.9. The highest BCUT2D eigenvalue weighted by Gasteiger charge is 2.14. The SMILES string of the molecule is CC.CCCCc1cc2cc(C)cc3c4cccc5cccc(c(c1)c23)c54. The van der Waals surface area contributed by atoms with Gasteiger partial charge < -0.3 is 0 Å². The standard InChI is InChI=1S/C25H22.C2H6/c1-3-4-7-17-14-19-12-16(2)13-22-20-10-5-8-18-9-6-11-21(24(18)20)23(15-17)25(19)22;1-2/h5-6,8-15H,3-4,7H2,1-2H3;1-2H3. The molecular weight excluding hydrogens is 324 g/mol. The van der Waals surface area contributed by atoms with Gasteiger partial charge in [-0.3, -0.25) is 0 Å². The van der Waals surface area contributed by atoms with Gasteiger partial charge in [0.15, 0.2) is 0 Å². The van der Waals surface area contributed by atoms with Crippen LogP contribution in [0.2, 0.25) is 0 Å². The molecule has 0 fully saturated rings. The highest BCUT2D eigenvalue weighted by Crippen LogP contribution is 2.41. The third kappa shape index (κ3) is 2.84. The Morgan fingerprint density at radius 2 is 1.30 bits per heavy atom. The second-order valence-corrected chi connectivity index (χ2v) is 7.37. The number of hydrogen-bond acceptors (Lipinski definition) is 0. The lowest BCUT2D eigenvalue weighted by atomic mass is 9.87. The van der Waals surface area contributed by atoms with Crippen molar-refractivity contribution in [1.82, 2.24) is 0 Å². The highest BCUT2D eigenvalue weighted by molar-refractivity contribution is 6.33. The zero-order valence-electron chi connectivity index (χ0n) is 16.9. The van der Waals surface area contributed by atoms with Gasteiger partial charge >= 0.3 is 0 Å². The Labute approximate surface area is 162 Å². The Hall–Kier alpha value is -2.60. The van der Waals surface area contributed by atoms with Crippen molar-refractivity contribution in [2.45, 2.75) is 47.0 Å². The zero-order chi connectivity index (χ0) is 19.0. The molecule has 0 aliphatic heterocycles. The van der Waals surface area contributed by atoms with E-state index in [1.165, 1.54) is 73.5 Å². The molecule has 0 spiro atoms. The molecule has 0 heteroatoms. The van der Waals surface area contributed by atoms with Crippen LogP contribution in [0.4, 0.5) is 0 Å². The molecule has 0 bridgehead atoms. The van der Waals surface area contributed by atoms with Crippen molar-refractivity contribution in [2.75, 3.05) is 0 Å². The van der Waals surface area contributed by atoms with Crippen molar-refractivity contribution in [1.29, 1.82) is 0 Å². The normalized spacial score (nSPS) is 11.4. The van der Waals surface area contributed by atoms with Gasteiger partial charge in [0.1, 0.15) is 0 Å². The first-order valence-electron chi connectivity index (χ1n) is 10.4. The third-order valence-corrected chi connectivity index (χ3v) is 5.56. The Morgan fingerprint density at radius 1 is 0.667 bits per heavy atom. The van der Waals surface area contributed by atoms with Crippen LogP contribution in [-0.2, 0) is 6.42 Å². The van der Waals surface area contributed by atoms with Crippen molar-refractivity contribution >= 4 is 43.1 Å². The van der Waals surface area contributed by atoms with Crippen LogP contribution in [0.5, 0.6) is 0 Å². The molecule has 5 rings (SSSR count). The van der Waals surface area contributed by atoms with E-state index < -0.39 is 0 Å². The van der Waals surface area contributed by atoms with E-state index in [2.05, 4.69) is 74.5 Å². The minimum Gasteiger partial charge on any atom is -0.0683 e. The molecule has 0 aromatic heterocycles. The molecule has 0 N–H and O–H groups in total. The van der Waals surface area contributed by atoms with Crippen LogP contribution in [-0.4, -0.2) is 0 Å². The van der Waals surface area contributed by atoms with Gasteiger partial charge in [0.25, 0.3) is 0 Å². The number of rotatable bonds is 3. The molecule has 0 unspecified atom stereocenters. The van der Waals surface area contributed by atoms with E-state index in [0.717, 1.165) is 0 Å². The monoisotopic (exact) mass is 352 g/mol. The lowest BCUT2D eigenvalue weighted by Gasteiger charge is -2.16. The van der Waals surface area contributed by atoms with Crippen molar-refractivity contribution in [3.63, 3.8) is 0 Å². The minimum absolute atomic E-state index is 1.17. The minimum atomic E-state index is 1.17. The number of unbranched alkanes of at least 4 members (excludes halogenated alkanes) is 1. The summed E-state index contributed by atoms with van der Waals surface area (Å²) in [6.07, 6.45) is 3.66. The Morgan fingerprint density at radius 3 is 1.96 bits per heavy atom. The summed E-state index contributed by atoms with van der Waals surface area (Å²) < 4.78 is 0. The molecule has 0 heterocycles. The average molecular weight is 353 g/mol. The number of fused-ring (bicyclic) bond motifs is 2. The predicted molar refractivity (Wildman–Crippen MR) is 122 cm³/mol. The molecule has 0 saturated carbocycles. The van der Waals surface area contributed by atoms with Crippen molar-refractivity contribution < 1.29 is 0 Å². The van der Waals surface area contributed by atoms with Crippen LogP contribution in [0.1, 0.15) is 44.7 Å². The Kier molecular flexibility index (Phi) is 4.74. The Balaban J connectivity index is 0.000000872. The smallest absolute Gasteiger partial charge is 0.00260 e. The first-order valence-corrected chi connectivity index (χ1v) is 10.4. The van der Waals surface area contributed by atoms with Gasteiger partial charge in [0.2, 0.25) is 0 Å². The molecule has 27 heavy (non-hydrogen) atoms. The summed E-state index contributed by atoms with van der Waals surface area (Å²) in [6.45, 7) is 8.49. The number of aryl methyl sites for hydroxylation is 2. The van der Waals surface area contributed by atoms with Crippen LogP contribution in [0.25, 0.3) is 43.1 Å². The first kappa shape index (κ1) is 17.8. The summed E-state index contributed by atoms with van der Waals surface area (Å²) in [5.74, 6) is 0. The highest BCUT2D eigenvalue weighted by atomic mass is 14.2. The summed E-state index contributed by atoms with van der Waals surface area (Å²) in [5, 5.41) is 11.2. The molecule has 0 aliphatic rings. The molecule has 0 atom stereocenters. The molecule has 0 nitrogen and oxygen atoms in total. The Bertz CT molecular complexity index is 1220. The van der Waals surface area contributed by atoms with E-state index >= 15 is 0 Å². The molecule has 0 amide bonds. The predicted octanol–water partition coefficient (Wildman–Crippen LogP) is 8.41. The van der Waals surface area contributed by atoms with E-state index in [1.54, 1.807) is 0 Å². The van der Waals surface area contributed by atoms with E-state index in [0.29, 0.717) is 0 Å². The van der Waals surface area contributed by atoms with Crippen molar-refractivity contribution in [2.24, 2.45) is 0 Å². The summed E-state index contributed by atoms with van der Waals surface area (Å²) in [6, 6.07) is 23.0. The van der Waals surface area contributed by atoms with E-state index in [4.69, 9.17) is 0 Å². The molecule has 5 aromatic rings. The van der Waals surface area contributed by atoms with E-state index in [-0.39, 0.29) is 0 Å². The van der Waals surface area contributed by atoms with Crippen LogP contribution in [0.3, 0.4) is 0 Å². The third-order valence-electron chi connectivity index (χ3n) is 5.56. The van der Waals surface area contributed by atoms with Crippen molar-refractivity contribution in [3.8, 4) is 0 Å². The average Bonchev–Trinajstić information content (AvgIpc) is 2.71. The fourth-order valence-electron chi connectivity index (χ4n) is 4.47. The van der Waals surface area contributed by atoms with Gasteiger partial charge in [-0.2, -0.15) is 0 Å². The van der Waals surface area contributed by atoms with Crippen molar-refractivity contribution in [3.05, 3.63) is 71.8 Å². The number of benzene rings is 5. The lowest BCUT2D eigenvalue weighted by molar-refractivity contribution is 0.796. The first-order chi connectivity index (χ1) is 13.3. The fourth-order valence-corrected chi connectivity index (χ4v) is 4.47. The fraction of sp³-hybridized carbons (Fsp3) is 0.259. The van der Waals surface area contributed by atoms with E-state index in [9.17, 15) is 0 Å². The molecule has 0 saturated heterocycles. The quantitative estimate of drug-likeness (QED) is 0.226. The largest absolute Gasteiger partial charge is 0.0683 e.